The molecule has 4 nitrogen and oxygen atoms in total. The highest BCUT2D eigenvalue weighted by Crippen LogP contribution is 2.41. The molecule has 0 spiro atoms. The summed E-state index contributed by atoms with van der Waals surface area (Å²) in [6, 6.07) is 10.6. The maximum absolute atomic E-state index is 12.4. The van der Waals surface area contributed by atoms with Crippen LogP contribution in [0.2, 0.25) is 10.0 Å². The molecule has 2 N–H and O–H groups in total. The molecule has 0 radical (unpaired) electrons. The molecule has 2 unspecified atom stereocenters. The van der Waals surface area contributed by atoms with Gasteiger partial charge >= 0.3 is 0 Å². The van der Waals surface area contributed by atoms with Crippen molar-refractivity contribution in [1.29, 1.82) is 0 Å². The van der Waals surface area contributed by atoms with Gasteiger partial charge in [-0.05, 0) is 55.7 Å². The Morgan fingerprint density at radius 2 is 1.60 bits per heavy atom. The molecule has 0 saturated heterocycles. The minimum atomic E-state index is -0.336. The molecule has 0 heterocycles. The summed E-state index contributed by atoms with van der Waals surface area (Å²) in [6.45, 7) is 3.96. The highest BCUT2D eigenvalue weighted by molar-refractivity contribution is 6.36. The van der Waals surface area contributed by atoms with Crippen LogP contribution in [0.4, 0.5) is 11.4 Å². The number of aryl methyl sites for hydroxylation is 1. The van der Waals surface area contributed by atoms with Crippen molar-refractivity contribution in [2.45, 2.75) is 20.3 Å². The van der Waals surface area contributed by atoms with Crippen LogP contribution >= 0.6 is 23.2 Å². The third-order valence-electron chi connectivity index (χ3n) is 4.52. The number of hydrogen-bond acceptors (Lipinski definition) is 2. The normalized spacial score (nSPS) is 18.6. The molecule has 0 bridgehead atoms. The first-order valence-corrected chi connectivity index (χ1v) is 8.75. The Kier molecular flexibility index (Phi) is 5.02. The van der Waals surface area contributed by atoms with Crippen LogP contribution in [0.25, 0.3) is 0 Å². The molecule has 0 aliphatic heterocycles. The minimum absolute atomic E-state index is 0.129. The molecule has 2 aromatic rings. The van der Waals surface area contributed by atoms with Gasteiger partial charge in [-0.3, -0.25) is 9.59 Å². The van der Waals surface area contributed by atoms with E-state index in [4.69, 9.17) is 23.2 Å². The lowest BCUT2D eigenvalue weighted by Gasteiger charge is -2.10. The first-order chi connectivity index (χ1) is 11.9. The third kappa shape index (κ3) is 3.97. The molecular formula is C19H18Cl2N2O2. The Hall–Kier alpha value is -2.04. The quantitative estimate of drug-likeness (QED) is 0.802. The number of rotatable bonds is 4. The van der Waals surface area contributed by atoms with E-state index in [2.05, 4.69) is 10.6 Å². The zero-order valence-electron chi connectivity index (χ0n) is 13.9. The van der Waals surface area contributed by atoms with E-state index in [-0.39, 0.29) is 23.7 Å². The van der Waals surface area contributed by atoms with Crippen LogP contribution in [-0.2, 0) is 9.59 Å². The summed E-state index contributed by atoms with van der Waals surface area (Å²) in [5.74, 6) is -0.982. The molecule has 0 aromatic heterocycles. The lowest BCUT2D eigenvalue weighted by molar-refractivity contribution is -0.122. The van der Waals surface area contributed by atoms with Gasteiger partial charge < -0.3 is 10.6 Å². The Morgan fingerprint density at radius 1 is 0.960 bits per heavy atom. The summed E-state index contributed by atoms with van der Waals surface area (Å²) >= 11 is 11.9. The average Bonchev–Trinajstić information content (AvgIpc) is 3.35. The molecule has 1 aliphatic rings. The fourth-order valence-corrected chi connectivity index (χ4v) is 3.16. The van der Waals surface area contributed by atoms with Crippen LogP contribution in [0.1, 0.15) is 17.5 Å². The lowest BCUT2D eigenvalue weighted by atomic mass is 10.1. The van der Waals surface area contributed by atoms with E-state index in [1.165, 1.54) is 0 Å². The monoisotopic (exact) mass is 376 g/mol. The molecule has 130 valence electrons. The van der Waals surface area contributed by atoms with E-state index in [0.717, 1.165) is 16.8 Å². The Balaban J connectivity index is 1.61. The highest BCUT2D eigenvalue weighted by Gasteiger charge is 2.48. The Morgan fingerprint density at radius 3 is 2.24 bits per heavy atom. The van der Waals surface area contributed by atoms with Gasteiger partial charge in [-0.25, -0.2) is 0 Å². The zero-order chi connectivity index (χ0) is 18.1. The number of benzene rings is 2. The van der Waals surface area contributed by atoms with Crippen molar-refractivity contribution in [3.63, 3.8) is 0 Å². The van der Waals surface area contributed by atoms with Gasteiger partial charge in [0.2, 0.25) is 11.8 Å². The minimum Gasteiger partial charge on any atom is -0.326 e. The number of carbonyl (C=O) groups excluding carboxylic acids is 2. The fourth-order valence-electron chi connectivity index (χ4n) is 2.70. The van der Waals surface area contributed by atoms with E-state index in [9.17, 15) is 9.59 Å². The maximum atomic E-state index is 12.4. The molecule has 1 fully saturated rings. The second-order valence-electron chi connectivity index (χ2n) is 6.30. The lowest BCUT2D eigenvalue weighted by Crippen LogP contribution is -2.21. The van der Waals surface area contributed by atoms with Crippen molar-refractivity contribution < 1.29 is 9.59 Å². The smallest absolute Gasteiger partial charge is 0.228 e. The summed E-state index contributed by atoms with van der Waals surface area (Å²) < 4.78 is 0. The standard InChI is InChI=1S/C19H18Cl2N2O2/c1-10-4-3-5-16(11(10)2)22-18(24)13-9-14(13)19(25)23-17-7-6-12(20)8-15(17)21/h3-8,13-14H,9H2,1-2H3,(H,22,24)(H,23,25). The van der Waals surface area contributed by atoms with Crippen molar-refractivity contribution in [2.75, 3.05) is 10.6 Å². The molecule has 2 atom stereocenters. The van der Waals surface area contributed by atoms with Crippen LogP contribution in [0, 0.1) is 25.7 Å². The topological polar surface area (TPSA) is 58.2 Å². The van der Waals surface area contributed by atoms with Gasteiger partial charge in [0, 0.05) is 10.7 Å². The van der Waals surface area contributed by atoms with Crippen molar-refractivity contribution in [3.05, 3.63) is 57.6 Å². The summed E-state index contributed by atoms with van der Waals surface area (Å²) in [6.07, 6.45) is 0.535. The number of halogens is 2. The van der Waals surface area contributed by atoms with Crippen LogP contribution < -0.4 is 10.6 Å². The van der Waals surface area contributed by atoms with Crippen molar-refractivity contribution in [2.24, 2.45) is 11.8 Å². The van der Waals surface area contributed by atoms with Crippen molar-refractivity contribution >= 4 is 46.4 Å². The number of nitrogens with one attached hydrogen (secondary N) is 2. The Labute approximate surface area is 156 Å². The molecule has 6 heteroatoms. The summed E-state index contributed by atoms with van der Waals surface area (Å²) in [7, 11) is 0. The molecular weight excluding hydrogens is 359 g/mol. The van der Waals surface area contributed by atoms with E-state index < -0.39 is 0 Å². The summed E-state index contributed by atoms with van der Waals surface area (Å²) in [4.78, 5) is 24.7. The fraction of sp³-hybridized carbons (Fsp3) is 0.263. The van der Waals surface area contributed by atoms with Gasteiger partial charge in [0.25, 0.3) is 0 Å². The first kappa shape index (κ1) is 17.8. The molecule has 25 heavy (non-hydrogen) atoms. The van der Waals surface area contributed by atoms with Crippen LogP contribution in [0.3, 0.4) is 0 Å². The molecule has 2 aromatic carbocycles. The van der Waals surface area contributed by atoms with Gasteiger partial charge in [0.05, 0.1) is 22.5 Å². The highest BCUT2D eigenvalue weighted by atomic mass is 35.5. The summed E-state index contributed by atoms with van der Waals surface area (Å²) in [5, 5.41) is 6.55. The zero-order valence-corrected chi connectivity index (χ0v) is 15.4. The van der Waals surface area contributed by atoms with E-state index in [0.29, 0.717) is 22.2 Å². The first-order valence-electron chi connectivity index (χ1n) is 8.00. The number of amides is 2. The summed E-state index contributed by atoms with van der Waals surface area (Å²) in [5.41, 5.74) is 3.43. The van der Waals surface area contributed by atoms with Crippen LogP contribution in [-0.4, -0.2) is 11.8 Å². The molecule has 3 rings (SSSR count). The molecule has 2 amide bonds. The van der Waals surface area contributed by atoms with E-state index >= 15 is 0 Å². The number of carbonyl (C=O) groups is 2. The maximum Gasteiger partial charge on any atom is 0.228 e. The second-order valence-corrected chi connectivity index (χ2v) is 7.14. The van der Waals surface area contributed by atoms with Gasteiger partial charge in [0.1, 0.15) is 0 Å². The molecule has 1 aliphatic carbocycles. The predicted octanol–water partition coefficient (Wildman–Crippen LogP) is 4.82. The van der Waals surface area contributed by atoms with Crippen LogP contribution in [0.15, 0.2) is 36.4 Å². The number of anilines is 2. The van der Waals surface area contributed by atoms with Crippen molar-refractivity contribution in [3.8, 4) is 0 Å². The number of hydrogen-bond donors (Lipinski definition) is 2. The third-order valence-corrected chi connectivity index (χ3v) is 5.06. The van der Waals surface area contributed by atoms with Gasteiger partial charge in [0.15, 0.2) is 0 Å². The van der Waals surface area contributed by atoms with E-state index in [1.807, 2.05) is 32.0 Å². The van der Waals surface area contributed by atoms with Crippen LogP contribution in [0.5, 0.6) is 0 Å². The largest absolute Gasteiger partial charge is 0.326 e. The molecule has 1 saturated carbocycles. The van der Waals surface area contributed by atoms with E-state index in [1.54, 1.807) is 18.2 Å². The van der Waals surface area contributed by atoms with Gasteiger partial charge in [-0.15, -0.1) is 0 Å². The van der Waals surface area contributed by atoms with Gasteiger partial charge in [-0.1, -0.05) is 35.3 Å². The Bertz CT molecular complexity index is 851. The predicted molar refractivity (Wildman–Crippen MR) is 101 cm³/mol. The SMILES string of the molecule is Cc1cccc(NC(=O)C2CC2C(=O)Nc2ccc(Cl)cc2Cl)c1C. The average molecular weight is 377 g/mol. The second kappa shape index (κ2) is 7.06. The van der Waals surface area contributed by atoms with Crippen molar-refractivity contribution in [1.82, 2.24) is 0 Å². The van der Waals surface area contributed by atoms with Gasteiger partial charge in [-0.2, -0.15) is 0 Å².